The van der Waals surface area contributed by atoms with Gasteiger partial charge in [0.1, 0.15) is 17.2 Å². The fourth-order valence-electron chi connectivity index (χ4n) is 4.86. The Hall–Kier alpha value is -3.95. The summed E-state index contributed by atoms with van der Waals surface area (Å²) in [5.41, 5.74) is 0.112. The molecule has 49 heavy (non-hydrogen) atoms. The van der Waals surface area contributed by atoms with E-state index < -0.39 is 33.2 Å². The molecule has 0 fully saturated rings. The van der Waals surface area contributed by atoms with Crippen LogP contribution in [0, 0.1) is 5.82 Å². The molecule has 0 saturated heterocycles. The van der Waals surface area contributed by atoms with Crippen molar-refractivity contribution in [2.24, 2.45) is 0 Å². The van der Waals surface area contributed by atoms with Gasteiger partial charge >= 0.3 is 11.8 Å². The Labute approximate surface area is 297 Å². The van der Waals surface area contributed by atoms with E-state index in [1.807, 2.05) is 17.9 Å². The Morgan fingerprint density at radius 2 is 1.82 bits per heavy atom. The number of benzene rings is 3. The standard InChI is InChI=1S/C34H39BrFN5O6S2/c1-6-7-12-30-38-41(28-20-24(15-16-26(28)35)37-31(42)17-18-48-5)33(44)40(30)21-23-14-13-22(19-27(23)36)25-10-8-9-11-29(25)49(45,46)39-32(43)47-34(2,3)4/h8-11,13-16,19-20H,6-7,12,17-18,21H2,1-5H3,(H,37,42)(H,39,43). The zero-order chi connectivity index (χ0) is 35.9. The van der Waals surface area contributed by atoms with Gasteiger partial charge in [-0.1, -0.05) is 43.7 Å². The van der Waals surface area contributed by atoms with Gasteiger partial charge in [-0.25, -0.2) is 27.1 Å². The van der Waals surface area contributed by atoms with Crippen LogP contribution in [0.4, 0.5) is 14.9 Å². The predicted octanol–water partition coefficient (Wildman–Crippen LogP) is 6.90. The van der Waals surface area contributed by atoms with Crippen LogP contribution in [0.1, 0.15) is 58.3 Å². The van der Waals surface area contributed by atoms with Crippen LogP contribution in [0.3, 0.4) is 0 Å². The van der Waals surface area contributed by atoms with E-state index in [0.717, 1.165) is 12.8 Å². The highest BCUT2D eigenvalue weighted by Crippen LogP contribution is 2.30. The van der Waals surface area contributed by atoms with Crippen molar-refractivity contribution >= 4 is 55.4 Å². The Balaban J connectivity index is 1.67. The van der Waals surface area contributed by atoms with Crippen LogP contribution < -0.4 is 15.7 Å². The number of unbranched alkanes of at least 4 members (excludes halogenated alkanes) is 1. The van der Waals surface area contributed by atoms with Gasteiger partial charge in [-0.2, -0.15) is 16.4 Å². The molecule has 0 radical (unpaired) electrons. The molecule has 4 rings (SSSR count). The van der Waals surface area contributed by atoms with E-state index >= 15 is 4.39 Å². The number of amides is 2. The molecule has 4 aromatic rings. The smallest absolute Gasteiger partial charge is 0.421 e. The lowest BCUT2D eigenvalue weighted by atomic mass is 10.0. The lowest BCUT2D eigenvalue weighted by molar-refractivity contribution is -0.115. The van der Waals surface area contributed by atoms with E-state index in [1.54, 1.807) is 62.9 Å². The molecule has 1 aromatic heterocycles. The normalized spacial score (nSPS) is 11.7. The number of sulfonamides is 1. The van der Waals surface area contributed by atoms with Crippen LogP contribution in [0.15, 0.2) is 74.8 Å². The minimum atomic E-state index is -4.38. The van der Waals surface area contributed by atoms with E-state index in [2.05, 4.69) is 26.3 Å². The number of ether oxygens (including phenoxy) is 1. The molecule has 0 saturated carbocycles. The van der Waals surface area contributed by atoms with Crippen LogP contribution in [0.2, 0.25) is 0 Å². The summed E-state index contributed by atoms with van der Waals surface area (Å²) in [7, 11) is -4.38. The molecular formula is C34H39BrFN5O6S2. The third-order valence-electron chi connectivity index (χ3n) is 7.17. The van der Waals surface area contributed by atoms with Crippen molar-refractivity contribution in [3.8, 4) is 16.8 Å². The Bertz CT molecular complexity index is 2010. The lowest BCUT2D eigenvalue weighted by Crippen LogP contribution is -2.36. The molecule has 0 atom stereocenters. The fourth-order valence-corrected chi connectivity index (χ4v) is 6.77. The molecule has 0 aliphatic rings. The number of anilines is 1. The number of aryl methyl sites for hydroxylation is 1. The maximum atomic E-state index is 15.8. The minimum Gasteiger partial charge on any atom is -0.443 e. The highest BCUT2D eigenvalue weighted by atomic mass is 79.9. The summed E-state index contributed by atoms with van der Waals surface area (Å²) in [5, 5.41) is 7.46. The Kier molecular flexibility index (Phi) is 12.5. The highest BCUT2D eigenvalue weighted by molar-refractivity contribution is 9.10. The van der Waals surface area contributed by atoms with Crippen molar-refractivity contribution < 1.29 is 27.1 Å². The molecule has 0 aliphatic heterocycles. The molecule has 0 unspecified atom stereocenters. The number of rotatable bonds is 13. The van der Waals surface area contributed by atoms with Crippen molar-refractivity contribution in [2.45, 2.75) is 70.4 Å². The zero-order valence-corrected chi connectivity index (χ0v) is 31.1. The molecule has 15 heteroatoms. The van der Waals surface area contributed by atoms with E-state index in [4.69, 9.17) is 4.74 Å². The molecule has 0 bridgehead atoms. The van der Waals surface area contributed by atoms with Crippen molar-refractivity contribution in [1.82, 2.24) is 19.1 Å². The maximum Gasteiger partial charge on any atom is 0.421 e. The lowest BCUT2D eigenvalue weighted by Gasteiger charge is -2.20. The number of hydrogen-bond acceptors (Lipinski definition) is 8. The first kappa shape index (κ1) is 37.9. The van der Waals surface area contributed by atoms with Gasteiger partial charge in [0.2, 0.25) is 5.91 Å². The molecule has 2 N–H and O–H groups in total. The summed E-state index contributed by atoms with van der Waals surface area (Å²) >= 11 is 5.06. The summed E-state index contributed by atoms with van der Waals surface area (Å²) in [4.78, 5) is 38.2. The molecule has 2 amide bonds. The Morgan fingerprint density at radius 3 is 2.49 bits per heavy atom. The van der Waals surface area contributed by atoms with E-state index in [0.29, 0.717) is 40.3 Å². The monoisotopic (exact) mass is 775 g/mol. The number of carbonyl (C=O) groups is 2. The first-order valence-corrected chi connectivity index (χ1v) is 19.2. The second-order valence-electron chi connectivity index (χ2n) is 12.2. The van der Waals surface area contributed by atoms with Gasteiger partial charge in [-0.05, 0) is 85.3 Å². The van der Waals surface area contributed by atoms with Gasteiger partial charge in [0.25, 0.3) is 10.0 Å². The third-order valence-corrected chi connectivity index (χ3v) is 9.82. The third kappa shape index (κ3) is 9.82. The van der Waals surface area contributed by atoms with Gasteiger partial charge in [-0.3, -0.25) is 9.36 Å². The van der Waals surface area contributed by atoms with E-state index in [-0.39, 0.29) is 34.0 Å². The second-order valence-corrected chi connectivity index (χ2v) is 15.7. The summed E-state index contributed by atoms with van der Waals surface area (Å²) in [5.74, 6) is 0.319. The molecular weight excluding hydrogens is 737 g/mol. The van der Waals surface area contributed by atoms with Crippen molar-refractivity contribution in [1.29, 1.82) is 0 Å². The molecule has 1 heterocycles. The Morgan fingerprint density at radius 1 is 1.08 bits per heavy atom. The summed E-state index contributed by atoms with van der Waals surface area (Å²) in [6.07, 6.45) is 3.19. The first-order chi connectivity index (χ1) is 23.1. The molecule has 3 aromatic carbocycles. The topological polar surface area (TPSA) is 141 Å². The van der Waals surface area contributed by atoms with Crippen LogP contribution >= 0.6 is 27.7 Å². The van der Waals surface area contributed by atoms with Gasteiger partial charge < -0.3 is 10.1 Å². The molecule has 0 spiro atoms. The predicted molar refractivity (Wildman–Crippen MR) is 193 cm³/mol. The van der Waals surface area contributed by atoms with Crippen LogP contribution in [-0.4, -0.2) is 52.4 Å². The van der Waals surface area contributed by atoms with Gasteiger partial charge in [0, 0.05) is 39.9 Å². The molecule has 0 aliphatic carbocycles. The number of halogens is 2. The number of thioether (sulfide) groups is 1. The highest BCUT2D eigenvalue weighted by Gasteiger charge is 2.26. The summed E-state index contributed by atoms with van der Waals surface area (Å²) in [6.45, 7) is 6.70. The average Bonchev–Trinajstić information content (AvgIpc) is 3.33. The number of nitrogens with zero attached hydrogens (tertiary/aromatic N) is 3. The van der Waals surface area contributed by atoms with Crippen LogP contribution in [-0.2, 0) is 32.5 Å². The second kappa shape index (κ2) is 16.2. The maximum absolute atomic E-state index is 15.8. The van der Waals surface area contributed by atoms with Crippen molar-refractivity contribution in [3.63, 3.8) is 0 Å². The van der Waals surface area contributed by atoms with Gasteiger partial charge in [0.05, 0.1) is 17.1 Å². The van der Waals surface area contributed by atoms with Crippen LogP contribution in [0.5, 0.6) is 0 Å². The first-order valence-electron chi connectivity index (χ1n) is 15.5. The fraction of sp³-hybridized carbons (Fsp3) is 0.353. The van der Waals surface area contributed by atoms with Crippen molar-refractivity contribution in [3.05, 3.63) is 92.8 Å². The largest absolute Gasteiger partial charge is 0.443 e. The molecule has 11 nitrogen and oxygen atoms in total. The molecule has 262 valence electrons. The SMILES string of the molecule is CCCCc1nn(-c2cc(NC(=O)CCSC)ccc2Br)c(=O)n1Cc1ccc(-c2ccccc2S(=O)(=O)NC(=O)OC(C)(C)C)cc1F. The summed E-state index contributed by atoms with van der Waals surface area (Å²) in [6, 6.07) is 15.2. The minimum absolute atomic E-state index is 0.132. The number of hydrogen-bond donors (Lipinski definition) is 2. The number of nitrogens with one attached hydrogen (secondary N) is 2. The average molecular weight is 777 g/mol. The summed E-state index contributed by atoms with van der Waals surface area (Å²) < 4.78 is 52.3. The number of aromatic nitrogens is 3. The zero-order valence-electron chi connectivity index (χ0n) is 27.9. The van der Waals surface area contributed by atoms with E-state index in [1.165, 1.54) is 39.6 Å². The number of carbonyl (C=O) groups excluding carboxylic acids is 2. The van der Waals surface area contributed by atoms with Gasteiger partial charge in [0.15, 0.2) is 0 Å². The van der Waals surface area contributed by atoms with E-state index in [9.17, 15) is 22.8 Å². The quantitative estimate of drug-likeness (QED) is 0.150. The van der Waals surface area contributed by atoms with Crippen molar-refractivity contribution in [2.75, 3.05) is 17.3 Å². The van der Waals surface area contributed by atoms with Crippen LogP contribution in [0.25, 0.3) is 16.8 Å². The van der Waals surface area contributed by atoms with Gasteiger partial charge in [-0.15, -0.1) is 5.10 Å².